The molecule has 1 atom stereocenters. The second-order valence-electron chi connectivity index (χ2n) is 4.97. The molecule has 2 rings (SSSR count). The van der Waals surface area contributed by atoms with Gasteiger partial charge in [-0.2, -0.15) is 11.8 Å². The summed E-state index contributed by atoms with van der Waals surface area (Å²) in [6.07, 6.45) is 2.52. The first-order valence-electron chi connectivity index (χ1n) is 6.23. The normalized spacial score (nSPS) is 28.6. The molecule has 1 N–H and O–H groups in total. The molecule has 0 aliphatic carbocycles. The Morgan fingerprint density at radius 3 is 2.39 bits per heavy atom. The van der Waals surface area contributed by atoms with Crippen LogP contribution in [0, 0.1) is 0 Å². The van der Waals surface area contributed by atoms with Crippen molar-refractivity contribution < 1.29 is 18.3 Å². The van der Waals surface area contributed by atoms with Crippen LogP contribution >= 0.6 is 11.8 Å². The molecule has 7 heteroatoms. The number of rotatable bonds is 4. The van der Waals surface area contributed by atoms with Crippen LogP contribution in [0.3, 0.4) is 0 Å². The molecule has 2 aliphatic rings. The minimum Gasteiger partial charge on any atom is -0.480 e. The topological polar surface area (TPSA) is 74.7 Å². The van der Waals surface area contributed by atoms with Gasteiger partial charge in [-0.3, -0.25) is 9.69 Å². The second-order valence-corrected chi connectivity index (χ2v) is 8.42. The molecule has 0 aromatic heterocycles. The Labute approximate surface area is 112 Å². The third kappa shape index (κ3) is 3.61. The first-order chi connectivity index (χ1) is 8.48. The fraction of sp³-hybridized carbons (Fsp3) is 0.909. The van der Waals surface area contributed by atoms with E-state index in [4.69, 9.17) is 5.11 Å². The molecule has 0 amide bonds. The van der Waals surface area contributed by atoms with Crippen molar-refractivity contribution in [2.45, 2.75) is 31.3 Å². The van der Waals surface area contributed by atoms with E-state index in [-0.39, 0.29) is 30.1 Å². The lowest BCUT2D eigenvalue weighted by atomic mass is 10.1. The van der Waals surface area contributed by atoms with Crippen molar-refractivity contribution in [3.63, 3.8) is 0 Å². The van der Waals surface area contributed by atoms with E-state index in [0.717, 1.165) is 24.3 Å². The minimum atomic E-state index is -2.95. The SMILES string of the molecule is O=C(O)CN(C1CCSCC1)C1CCS(=O)(=O)C1. The standard InChI is InChI=1S/C11H19NO4S2/c13-11(14)7-12(9-1-4-17-5-2-9)10-3-6-18(15,16)8-10/h9-10H,1-8H2,(H,13,14). The second kappa shape index (κ2) is 5.79. The summed E-state index contributed by atoms with van der Waals surface area (Å²) in [5.74, 6) is 1.55. The number of sulfone groups is 1. The molecular formula is C11H19NO4S2. The van der Waals surface area contributed by atoms with Gasteiger partial charge in [0.1, 0.15) is 0 Å². The zero-order chi connectivity index (χ0) is 13.2. The van der Waals surface area contributed by atoms with Gasteiger partial charge in [0.15, 0.2) is 9.84 Å². The minimum absolute atomic E-state index is 0.0322. The first kappa shape index (κ1) is 14.1. The highest BCUT2D eigenvalue weighted by atomic mass is 32.2. The fourth-order valence-corrected chi connectivity index (χ4v) is 5.59. The summed E-state index contributed by atoms with van der Waals surface area (Å²) in [5, 5.41) is 9.01. The number of aliphatic carboxylic acids is 1. The van der Waals surface area contributed by atoms with Crippen molar-refractivity contribution in [2.24, 2.45) is 0 Å². The number of hydrogen-bond acceptors (Lipinski definition) is 5. The fourth-order valence-electron chi connectivity index (χ4n) is 2.77. The van der Waals surface area contributed by atoms with Crippen LogP contribution in [0.4, 0.5) is 0 Å². The highest BCUT2D eigenvalue weighted by Gasteiger charge is 2.36. The van der Waals surface area contributed by atoms with Gasteiger partial charge in [-0.15, -0.1) is 0 Å². The van der Waals surface area contributed by atoms with Gasteiger partial charge in [-0.25, -0.2) is 8.42 Å². The van der Waals surface area contributed by atoms with Crippen LogP contribution in [0.15, 0.2) is 0 Å². The lowest BCUT2D eigenvalue weighted by Crippen LogP contribution is -2.48. The van der Waals surface area contributed by atoms with E-state index >= 15 is 0 Å². The van der Waals surface area contributed by atoms with Crippen molar-refractivity contribution in [1.82, 2.24) is 4.90 Å². The molecule has 2 saturated heterocycles. The molecule has 18 heavy (non-hydrogen) atoms. The summed E-state index contributed by atoms with van der Waals surface area (Å²) in [6, 6.07) is 0.139. The molecule has 0 radical (unpaired) electrons. The van der Waals surface area contributed by atoms with Crippen molar-refractivity contribution in [2.75, 3.05) is 29.6 Å². The number of carbonyl (C=O) groups is 1. The Morgan fingerprint density at radius 1 is 1.22 bits per heavy atom. The largest absolute Gasteiger partial charge is 0.480 e. The molecule has 2 heterocycles. The van der Waals surface area contributed by atoms with Crippen molar-refractivity contribution in [1.29, 1.82) is 0 Å². The maximum atomic E-state index is 11.5. The van der Waals surface area contributed by atoms with E-state index in [1.807, 2.05) is 16.7 Å². The molecule has 5 nitrogen and oxygen atoms in total. The predicted octanol–water partition coefficient (Wildman–Crippen LogP) is 0.456. The Balaban J connectivity index is 2.07. The average molecular weight is 293 g/mol. The highest BCUT2D eigenvalue weighted by molar-refractivity contribution is 7.99. The average Bonchev–Trinajstić information content (AvgIpc) is 2.67. The van der Waals surface area contributed by atoms with Gasteiger partial charge in [0.05, 0.1) is 18.1 Å². The van der Waals surface area contributed by atoms with Crippen LogP contribution in [-0.4, -0.2) is 66.0 Å². The summed E-state index contributed by atoms with van der Waals surface area (Å²) in [4.78, 5) is 12.9. The monoisotopic (exact) mass is 293 g/mol. The van der Waals surface area contributed by atoms with Crippen LogP contribution in [-0.2, 0) is 14.6 Å². The lowest BCUT2D eigenvalue weighted by Gasteiger charge is -2.36. The number of hydrogen-bond donors (Lipinski definition) is 1. The van der Waals surface area contributed by atoms with Crippen molar-refractivity contribution in [3.8, 4) is 0 Å². The Kier molecular flexibility index (Phi) is 4.55. The van der Waals surface area contributed by atoms with Crippen molar-refractivity contribution >= 4 is 27.6 Å². The smallest absolute Gasteiger partial charge is 0.317 e. The van der Waals surface area contributed by atoms with Crippen LogP contribution in [0.5, 0.6) is 0 Å². The molecular weight excluding hydrogens is 274 g/mol. The summed E-state index contributed by atoms with van der Waals surface area (Å²) in [5.41, 5.74) is 0. The molecule has 0 aromatic carbocycles. The van der Waals surface area contributed by atoms with E-state index in [9.17, 15) is 13.2 Å². The third-order valence-electron chi connectivity index (χ3n) is 3.66. The molecule has 2 aliphatic heterocycles. The summed E-state index contributed by atoms with van der Waals surface area (Å²) in [6.45, 7) is -0.0322. The molecule has 104 valence electrons. The number of thioether (sulfide) groups is 1. The van der Waals surface area contributed by atoms with E-state index in [1.54, 1.807) is 0 Å². The van der Waals surface area contributed by atoms with Gasteiger partial charge >= 0.3 is 5.97 Å². The number of nitrogens with zero attached hydrogens (tertiary/aromatic N) is 1. The number of carboxylic acids is 1. The molecule has 0 saturated carbocycles. The Bertz CT molecular complexity index is 403. The summed E-state index contributed by atoms with van der Waals surface area (Å²) >= 11 is 1.88. The number of carboxylic acid groups (broad SMARTS) is 1. The molecule has 0 bridgehead atoms. The van der Waals surface area contributed by atoms with Crippen LogP contribution < -0.4 is 0 Å². The van der Waals surface area contributed by atoms with Crippen LogP contribution in [0.1, 0.15) is 19.3 Å². The molecule has 0 aromatic rings. The highest BCUT2D eigenvalue weighted by Crippen LogP contribution is 2.27. The van der Waals surface area contributed by atoms with Gasteiger partial charge < -0.3 is 5.11 Å². The quantitative estimate of drug-likeness (QED) is 0.811. The van der Waals surface area contributed by atoms with Gasteiger partial charge in [0.2, 0.25) is 0 Å². The zero-order valence-corrected chi connectivity index (χ0v) is 11.9. The van der Waals surface area contributed by atoms with E-state index in [2.05, 4.69) is 0 Å². The molecule has 1 unspecified atom stereocenters. The summed E-state index contributed by atoms with van der Waals surface area (Å²) < 4.78 is 23.1. The zero-order valence-electron chi connectivity index (χ0n) is 10.2. The lowest BCUT2D eigenvalue weighted by molar-refractivity contribution is -0.139. The molecule has 0 spiro atoms. The Morgan fingerprint density at radius 2 is 1.89 bits per heavy atom. The maximum Gasteiger partial charge on any atom is 0.317 e. The predicted molar refractivity (Wildman–Crippen MR) is 71.7 cm³/mol. The van der Waals surface area contributed by atoms with Crippen LogP contribution in [0.25, 0.3) is 0 Å². The van der Waals surface area contributed by atoms with Gasteiger partial charge in [0, 0.05) is 12.1 Å². The van der Waals surface area contributed by atoms with Crippen molar-refractivity contribution in [3.05, 3.63) is 0 Å². The first-order valence-corrected chi connectivity index (χ1v) is 9.21. The van der Waals surface area contributed by atoms with E-state index in [1.165, 1.54) is 0 Å². The molecule has 2 fully saturated rings. The van der Waals surface area contributed by atoms with Gasteiger partial charge in [-0.1, -0.05) is 0 Å². The van der Waals surface area contributed by atoms with E-state index < -0.39 is 15.8 Å². The van der Waals surface area contributed by atoms with Gasteiger partial charge in [0.25, 0.3) is 0 Å². The summed E-state index contributed by atoms with van der Waals surface area (Å²) in [7, 11) is -2.95. The maximum absolute atomic E-state index is 11.5. The van der Waals surface area contributed by atoms with Gasteiger partial charge in [-0.05, 0) is 30.8 Å². The Hall–Kier alpha value is -0.270. The van der Waals surface area contributed by atoms with E-state index in [0.29, 0.717) is 6.42 Å². The third-order valence-corrected chi connectivity index (χ3v) is 6.45. The van der Waals surface area contributed by atoms with Crippen LogP contribution in [0.2, 0.25) is 0 Å².